The van der Waals surface area contributed by atoms with Gasteiger partial charge < -0.3 is 21.5 Å². The van der Waals surface area contributed by atoms with Crippen LogP contribution in [0.2, 0.25) is 0 Å². The number of halogens is 3. The summed E-state index contributed by atoms with van der Waals surface area (Å²) in [6.07, 6.45) is -1.20. The number of alkyl halides is 3. The number of aliphatic carboxylic acids is 1. The molecule has 0 spiro atoms. The zero-order valence-corrected chi connectivity index (χ0v) is 22.0. The second-order valence-electron chi connectivity index (χ2n) is 9.66. The molecule has 2 aliphatic heterocycles. The summed E-state index contributed by atoms with van der Waals surface area (Å²) in [5.41, 5.74) is 11.4. The molecule has 0 radical (unpaired) electrons. The Labute approximate surface area is 234 Å². The number of nitrogens with zero attached hydrogens (tertiary/aromatic N) is 1. The van der Waals surface area contributed by atoms with Crippen LogP contribution in [0.5, 0.6) is 0 Å². The van der Waals surface area contributed by atoms with E-state index in [4.69, 9.17) is 15.6 Å². The number of likely N-dealkylation sites (tertiary alicyclic amines) is 1. The van der Waals surface area contributed by atoms with Crippen LogP contribution in [0, 0.1) is 0 Å². The molecule has 0 aromatic heterocycles. The molecule has 1 fully saturated rings. The highest BCUT2D eigenvalue weighted by Gasteiger charge is 2.38. The molecule has 3 aromatic rings. The molecule has 2 heterocycles. The van der Waals surface area contributed by atoms with Gasteiger partial charge in [-0.2, -0.15) is 13.2 Å². The monoisotopic (exact) mass is 566 g/mol. The van der Waals surface area contributed by atoms with Gasteiger partial charge in [0.15, 0.2) is 0 Å². The van der Waals surface area contributed by atoms with E-state index in [2.05, 4.69) is 39.8 Å². The molecule has 0 aliphatic carbocycles. The van der Waals surface area contributed by atoms with Crippen LogP contribution in [0.1, 0.15) is 46.3 Å². The Kier molecular flexibility index (Phi) is 9.08. The Hall–Kier alpha value is -4.64. The summed E-state index contributed by atoms with van der Waals surface area (Å²) in [7, 11) is 0. The average Bonchev–Trinajstić information content (AvgIpc) is 3.28. The van der Waals surface area contributed by atoms with Gasteiger partial charge in [-0.1, -0.05) is 55.0 Å². The van der Waals surface area contributed by atoms with Crippen molar-refractivity contribution in [3.8, 4) is 0 Å². The Balaban J connectivity index is 0.000000493. The summed E-state index contributed by atoms with van der Waals surface area (Å²) >= 11 is 0. The topological polar surface area (TPSA) is 125 Å². The number of carbonyl (C=O) groups excluding carboxylic acids is 2. The highest BCUT2D eigenvalue weighted by Crippen LogP contribution is 2.38. The fraction of sp³-hybridized carbons (Fsp3) is 0.233. The van der Waals surface area contributed by atoms with Crippen LogP contribution < -0.4 is 16.4 Å². The van der Waals surface area contributed by atoms with Gasteiger partial charge in [0.25, 0.3) is 5.91 Å². The predicted octanol–water partition coefficient (Wildman–Crippen LogP) is 5.34. The normalized spacial score (nSPS) is 16.1. The van der Waals surface area contributed by atoms with Crippen molar-refractivity contribution in [3.63, 3.8) is 0 Å². The molecule has 11 heteroatoms. The molecule has 41 heavy (non-hydrogen) atoms. The van der Waals surface area contributed by atoms with E-state index in [1.54, 1.807) is 18.2 Å². The van der Waals surface area contributed by atoms with Crippen LogP contribution in [0.15, 0.2) is 72.8 Å². The molecule has 5 rings (SSSR count). The number of hydrogen-bond donors (Lipinski definition) is 4. The Morgan fingerprint density at radius 1 is 0.927 bits per heavy atom. The van der Waals surface area contributed by atoms with E-state index < -0.39 is 18.1 Å². The maximum atomic E-state index is 13.1. The second kappa shape index (κ2) is 12.7. The van der Waals surface area contributed by atoms with Crippen molar-refractivity contribution in [1.82, 2.24) is 4.90 Å². The summed E-state index contributed by atoms with van der Waals surface area (Å²) in [5, 5.41) is 13.5. The lowest BCUT2D eigenvalue weighted by Crippen LogP contribution is -2.29. The average molecular weight is 567 g/mol. The number of rotatable bonds is 6. The number of fused-ring (bicyclic) bond motifs is 1. The van der Waals surface area contributed by atoms with Gasteiger partial charge in [-0.15, -0.1) is 0 Å². The van der Waals surface area contributed by atoms with Gasteiger partial charge in [0.2, 0.25) is 5.91 Å². The van der Waals surface area contributed by atoms with Crippen molar-refractivity contribution >= 4 is 40.4 Å². The second-order valence-corrected chi connectivity index (χ2v) is 9.66. The minimum absolute atomic E-state index is 0.218. The number of hydrogen-bond acceptors (Lipinski definition) is 5. The quantitative estimate of drug-likeness (QED) is 0.299. The number of nitrogens with one attached hydrogen (secondary N) is 2. The summed E-state index contributed by atoms with van der Waals surface area (Å²) in [6.45, 7) is 3.29. The van der Waals surface area contributed by atoms with E-state index in [0.29, 0.717) is 22.5 Å². The molecule has 2 aliphatic rings. The van der Waals surface area contributed by atoms with Gasteiger partial charge in [0.05, 0.1) is 11.3 Å². The van der Waals surface area contributed by atoms with E-state index in [1.165, 1.54) is 24.8 Å². The number of nitrogens with two attached hydrogens (primary N) is 1. The van der Waals surface area contributed by atoms with Crippen molar-refractivity contribution in [2.45, 2.75) is 32.0 Å². The number of carboxylic acids is 1. The summed E-state index contributed by atoms with van der Waals surface area (Å²) in [4.78, 5) is 36.1. The molecule has 3 aromatic carbocycles. The van der Waals surface area contributed by atoms with Gasteiger partial charge in [0, 0.05) is 29.0 Å². The van der Waals surface area contributed by atoms with Gasteiger partial charge >= 0.3 is 12.1 Å². The minimum atomic E-state index is -5.08. The highest BCUT2D eigenvalue weighted by atomic mass is 19.4. The standard InChI is InChI=1S/C28H28N4O2.C2HF3O2/c29-27(33)21-11-14-23-24(17-21)31-28(34)25(23)26(20-7-3-1-4-8-20)30-22-12-9-19(10-13-22)18-32-15-5-2-6-16-32;3-2(4,5)1(6)7/h1,3-4,7-14,17,30H,2,5-6,15-16,18H2,(H2,29,33)(H,31,34);(H,6,7)/b26-25-;. The van der Waals surface area contributed by atoms with Gasteiger partial charge in [-0.3, -0.25) is 14.5 Å². The first-order valence-electron chi connectivity index (χ1n) is 13.0. The number of carbonyl (C=O) groups is 3. The molecule has 2 amide bonds. The SMILES string of the molecule is NC(=O)c1ccc2c(c1)NC(=O)/C2=C(\Nc1ccc(CN2CCCCC2)cc1)c1ccccc1.O=C(O)C(F)(F)F. The van der Waals surface area contributed by atoms with E-state index in [-0.39, 0.29) is 5.91 Å². The number of benzene rings is 3. The first kappa shape index (κ1) is 29.3. The van der Waals surface area contributed by atoms with Crippen molar-refractivity contribution in [2.75, 3.05) is 23.7 Å². The number of anilines is 2. The summed E-state index contributed by atoms with van der Waals surface area (Å²) in [5.74, 6) is -3.50. The van der Waals surface area contributed by atoms with E-state index >= 15 is 0 Å². The fourth-order valence-corrected chi connectivity index (χ4v) is 4.67. The first-order valence-corrected chi connectivity index (χ1v) is 13.0. The lowest BCUT2D eigenvalue weighted by molar-refractivity contribution is -0.192. The lowest BCUT2D eigenvalue weighted by Gasteiger charge is -2.26. The molecule has 0 atom stereocenters. The molecule has 0 unspecified atom stereocenters. The van der Waals surface area contributed by atoms with Crippen LogP contribution in [-0.4, -0.2) is 47.1 Å². The third-order valence-electron chi connectivity index (χ3n) is 6.68. The summed E-state index contributed by atoms with van der Waals surface area (Å²) in [6, 6.07) is 23.3. The molecular formula is C30H29F3N4O4. The third kappa shape index (κ3) is 7.52. The molecule has 0 bridgehead atoms. The molecule has 5 N–H and O–H groups in total. The van der Waals surface area contributed by atoms with Gasteiger partial charge in [-0.05, 0) is 61.3 Å². The van der Waals surface area contributed by atoms with Gasteiger partial charge in [0.1, 0.15) is 0 Å². The number of piperidine rings is 1. The number of primary amides is 1. The Bertz CT molecular complexity index is 1450. The molecule has 0 saturated carbocycles. The highest BCUT2D eigenvalue weighted by molar-refractivity contribution is 6.37. The molecule has 214 valence electrons. The zero-order valence-electron chi connectivity index (χ0n) is 22.0. The Morgan fingerprint density at radius 2 is 1.56 bits per heavy atom. The maximum Gasteiger partial charge on any atom is 0.490 e. The first-order chi connectivity index (χ1) is 19.5. The van der Waals surface area contributed by atoms with Crippen molar-refractivity contribution in [1.29, 1.82) is 0 Å². The summed E-state index contributed by atoms with van der Waals surface area (Å²) < 4.78 is 31.7. The van der Waals surface area contributed by atoms with Crippen molar-refractivity contribution in [2.24, 2.45) is 5.73 Å². The largest absolute Gasteiger partial charge is 0.490 e. The van der Waals surface area contributed by atoms with Crippen LogP contribution in [0.3, 0.4) is 0 Å². The minimum Gasteiger partial charge on any atom is -0.475 e. The van der Waals surface area contributed by atoms with E-state index in [1.807, 2.05) is 30.3 Å². The molecule has 8 nitrogen and oxygen atoms in total. The maximum absolute atomic E-state index is 13.1. The van der Waals surface area contributed by atoms with E-state index in [9.17, 15) is 22.8 Å². The fourth-order valence-electron chi connectivity index (χ4n) is 4.67. The van der Waals surface area contributed by atoms with Crippen LogP contribution in [-0.2, 0) is 16.1 Å². The lowest BCUT2D eigenvalue weighted by atomic mass is 9.99. The molecular weight excluding hydrogens is 537 g/mol. The number of carboxylic acid groups (broad SMARTS) is 1. The third-order valence-corrected chi connectivity index (χ3v) is 6.68. The van der Waals surface area contributed by atoms with Crippen molar-refractivity contribution < 1.29 is 32.7 Å². The molecule has 1 saturated heterocycles. The smallest absolute Gasteiger partial charge is 0.475 e. The van der Waals surface area contributed by atoms with Crippen LogP contribution in [0.25, 0.3) is 11.3 Å². The van der Waals surface area contributed by atoms with E-state index in [0.717, 1.165) is 36.4 Å². The number of amides is 2. The zero-order chi connectivity index (χ0) is 29.6. The van der Waals surface area contributed by atoms with Crippen LogP contribution in [0.4, 0.5) is 24.5 Å². The van der Waals surface area contributed by atoms with Crippen LogP contribution >= 0.6 is 0 Å². The van der Waals surface area contributed by atoms with Crippen molar-refractivity contribution in [3.05, 3.63) is 95.1 Å². The Morgan fingerprint density at radius 3 is 2.15 bits per heavy atom. The van der Waals surface area contributed by atoms with Gasteiger partial charge in [-0.25, -0.2) is 4.79 Å². The predicted molar refractivity (Wildman–Crippen MR) is 150 cm³/mol.